The van der Waals surface area contributed by atoms with Gasteiger partial charge in [-0.25, -0.2) is 0 Å². The van der Waals surface area contributed by atoms with E-state index in [1.54, 1.807) is 0 Å². The molecule has 0 aliphatic heterocycles. The normalized spacial score (nSPS) is 12.8. The van der Waals surface area contributed by atoms with Crippen LogP contribution in [-0.4, -0.2) is 37.2 Å². The molecule has 1 atom stereocenters. The maximum atomic E-state index is 12.8. The molecule has 0 saturated carbocycles. The van der Waals surface area contributed by atoms with Crippen molar-refractivity contribution in [3.8, 4) is 0 Å². The van der Waals surface area contributed by atoms with Crippen LogP contribution in [0.25, 0.3) is 0 Å². The first kappa shape index (κ1) is 67.3. The quantitative estimate of drug-likeness (QED) is 0.0261. The third-order valence-electron chi connectivity index (χ3n) is 12.5. The summed E-state index contributed by atoms with van der Waals surface area (Å²) in [5, 5.41) is 0. The summed E-state index contributed by atoms with van der Waals surface area (Å²) in [4.78, 5) is 38.1. The largest absolute Gasteiger partial charge is 0.462 e. The molecule has 6 heteroatoms. The van der Waals surface area contributed by atoms with Crippen molar-refractivity contribution >= 4 is 17.9 Å². The number of carbonyl (C=O) groups excluding carboxylic acids is 3. The van der Waals surface area contributed by atoms with E-state index in [1.807, 2.05) is 0 Å². The van der Waals surface area contributed by atoms with Crippen LogP contribution in [0.1, 0.15) is 278 Å². The Hall–Kier alpha value is -3.67. The predicted molar refractivity (Wildman–Crippen MR) is 307 cm³/mol. The van der Waals surface area contributed by atoms with Gasteiger partial charge in [0.1, 0.15) is 13.2 Å². The first-order valence-electron chi connectivity index (χ1n) is 29.7. The lowest BCUT2D eigenvalue weighted by atomic mass is 10.0. The summed E-state index contributed by atoms with van der Waals surface area (Å²) >= 11 is 0. The Morgan fingerprint density at radius 1 is 0.296 bits per heavy atom. The van der Waals surface area contributed by atoms with E-state index in [-0.39, 0.29) is 31.1 Å². The molecule has 71 heavy (non-hydrogen) atoms. The molecule has 406 valence electrons. The fraction of sp³-hybridized carbons (Fsp3) is 0.708. The summed E-state index contributed by atoms with van der Waals surface area (Å²) in [6.45, 7) is 6.38. The van der Waals surface area contributed by atoms with E-state index in [2.05, 4.69) is 118 Å². The molecule has 6 nitrogen and oxygen atoms in total. The molecule has 0 spiro atoms. The van der Waals surface area contributed by atoms with Gasteiger partial charge in [-0.05, 0) is 109 Å². The standard InChI is InChI=1S/C65H110O6/c1-4-7-10-13-16-19-22-25-26-27-28-29-30-31-32-33-34-35-36-37-38-41-43-46-49-52-55-58-64(67)70-61-62(71-65(68)59-56-53-50-47-44-40-24-21-18-15-12-9-6-3)60-69-63(66)57-54-51-48-45-42-39-23-20-17-14-11-8-5-2/h7,10-12,14-16,19-21,23-26,28-29,62H,4-6,8-9,13,17-18,22,27,30-61H2,1-3H3/b10-7-,14-11-,15-12-,19-16-,23-20-,24-21-,26-25-,29-28-. The molecule has 1 unspecified atom stereocenters. The van der Waals surface area contributed by atoms with Crippen LogP contribution in [-0.2, 0) is 28.6 Å². The number of hydrogen-bond acceptors (Lipinski definition) is 6. The third kappa shape index (κ3) is 57.1. The lowest BCUT2D eigenvalue weighted by Crippen LogP contribution is -2.30. The molecule has 0 aromatic rings. The molecular formula is C65H110O6. The molecular weight excluding hydrogens is 877 g/mol. The van der Waals surface area contributed by atoms with Gasteiger partial charge in [0.15, 0.2) is 6.10 Å². The second-order valence-electron chi connectivity index (χ2n) is 19.5. The zero-order valence-electron chi connectivity index (χ0n) is 46.5. The van der Waals surface area contributed by atoms with Crippen LogP contribution in [0.5, 0.6) is 0 Å². The van der Waals surface area contributed by atoms with Crippen LogP contribution in [0.3, 0.4) is 0 Å². The lowest BCUT2D eigenvalue weighted by molar-refractivity contribution is -0.167. The average Bonchev–Trinajstić information content (AvgIpc) is 3.37. The van der Waals surface area contributed by atoms with Gasteiger partial charge in [0.05, 0.1) is 0 Å². The molecule has 0 rings (SSSR count). The van der Waals surface area contributed by atoms with Gasteiger partial charge in [-0.2, -0.15) is 0 Å². The minimum absolute atomic E-state index is 0.0874. The van der Waals surface area contributed by atoms with Crippen molar-refractivity contribution < 1.29 is 28.6 Å². The van der Waals surface area contributed by atoms with Crippen molar-refractivity contribution in [1.29, 1.82) is 0 Å². The third-order valence-corrected chi connectivity index (χ3v) is 12.5. The number of unbranched alkanes of at least 4 members (excludes halogenated alkanes) is 26. The summed E-state index contributed by atoms with van der Waals surface area (Å²) < 4.78 is 16.8. The summed E-state index contributed by atoms with van der Waals surface area (Å²) in [7, 11) is 0. The molecule has 0 radical (unpaired) electrons. The second-order valence-corrected chi connectivity index (χ2v) is 19.5. The zero-order valence-corrected chi connectivity index (χ0v) is 46.5. The summed E-state index contributed by atoms with van der Waals surface area (Å²) in [6, 6.07) is 0. The highest BCUT2D eigenvalue weighted by molar-refractivity contribution is 5.71. The van der Waals surface area contributed by atoms with Crippen LogP contribution in [0.2, 0.25) is 0 Å². The van der Waals surface area contributed by atoms with Gasteiger partial charge in [0, 0.05) is 19.3 Å². The number of ether oxygens (including phenoxy) is 3. The van der Waals surface area contributed by atoms with Crippen LogP contribution < -0.4 is 0 Å². The molecule has 0 aliphatic rings. The molecule has 0 fully saturated rings. The number of rotatable bonds is 53. The Kier molecular flexibility index (Phi) is 55.9. The summed E-state index contributed by atoms with van der Waals surface area (Å²) in [5.74, 6) is -0.913. The van der Waals surface area contributed by atoms with Crippen molar-refractivity contribution in [2.24, 2.45) is 0 Å². The summed E-state index contributed by atoms with van der Waals surface area (Å²) in [5.41, 5.74) is 0. The average molecular weight is 988 g/mol. The van der Waals surface area contributed by atoms with E-state index >= 15 is 0 Å². The molecule has 0 aromatic carbocycles. The highest BCUT2D eigenvalue weighted by Crippen LogP contribution is 2.16. The Bertz CT molecular complexity index is 1410. The monoisotopic (exact) mass is 987 g/mol. The maximum Gasteiger partial charge on any atom is 0.306 e. The van der Waals surface area contributed by atoms with Gasteiger partial charge >= 0.3 is 17.9 Å². The SMILES string of the molecule is CC/C=C\C/C=C\C/C=C\C/C=C\CCCCCCCCCCCCCCCCC(=O)OCC(COC(=O)CCCCCCC/C=C\C/C=C\CCC)OC(=O)CCCCCCC/C=C\C/C=C\CCC. The molecule has 0 heterocycles. The maximum absolute atomic E-state index is 12.8. The van der Waals surface area contributed by atoms with E-state index in [1.165, 1.54) is 89.9 Å². The smallest absolute Gasteiger partial charge is 0.306 e. The van der Waals surface area contributed by atoms with Gasteiger partial charge in [-0.15, -0.1) is 0 Å². The van der Waals surface area contributed by atoms with E-state index in [9.17, 15) is 14.4 Å². The van der Waals surface area contributed by atoms with Crippen molar-refractivity contribution in [3.63, 3.8) is 0 Å². The first-order chi connectivity index (χ1) is 35.0. The van der Waals surface area contributed by atoms with Gasteiger partial charge < -0.3 is 14.2 Å². The molecule has 0 saturated heterocycles. The van der Waals surface area contributed by atoms with Crippen molar-refractivity contribution in [2.45, 2.75) is 284 Å². The molecule has 0 bridgehead atoms. The Labute approximate surface area is 438 Å². The van der Waals surface area contributed by atoms with Crippen LogP contribution >= 0.6 is 0 Å². The topological polar surface area (TPSA) is 78.9 Å². The number of carbonyl (C=O) groups is 3. The minimum atomic E-state index is -0.791. The summed E-state index contributed by atoms with van der Waals surface area (Å²) in [6.07, 6.45) is 78.4. The second kappa shape index (κ2) is 58.9. The van der Waals surface area contributed by atoms with Crippen molar-refractivity contribution in [3.05, 3.63) is 97.2 Å². The van der Waals surface area contributed by atoms with Gasteiger partial charge in [-0.1, -0.05) is 246 Å². The highest BCUT2D eigenvalue weighted by Gasteiger charge is 2.19. The van der Waals surface area contributed by atoms with Crippen LogP contribution in [0.15, 0.2) is 97.2 Å². The molecule has 0 N–H and O–H groups in total. The van der Waals surface area contributed by atoms with Gasteiger partial charge in [0.25, 0.3) is 0 Å². The van der Waals surface area contributed by atoms with E-state index in [4.69, 9.17) is 14.2 Å². The minimum Gasteiger partial charge on any atom is -0.462 e. The van der Waals surface area contributed by atoms with Crippen molar-refractivity contribution in [2.75, 3.05) is 13.2 Å². The molecule has 0 aliphatic carbocycles. The Balaban J connectivity index is 4.24. The highest BCUT2D eigenvalue weighted by atomic mass is 16.6. The number of allylic oxidation sites excluding steroid dienone is 16. The van der Waals surface area contributed by atoms with Crippen molar-refractivity contribution in [1.82, 2.24) is 0 Å². The van der Waals surface area contributed by atoms with E-state index in [0.717, 1.165) is 148 Å². The van der Waals surface area contributed by atoms with Crippen LogP contribution in [0, 0.1) is 0 Å². The fourth-order valence-electron chi connectivity index (χ4n) is 8.10. The first-order valence-corrected chi connectivity index (χ1v) is 29.7. The zero-order chi connectivity index (χ0) is 51.4. The van der Waals surface area contributed by atoms with E-state index in [0.29, 0.717) is 19.3 Å². The molecule has 0 amide bonds. The fourth-order valence-corrected chi connectivity index (χ4v) is 8.10. The number of hydrogen-bond donors (Lipinski definition) is 0. The number of esters is 3. The predicted octanol–water partition coefficient (Wildman–Crippen LogP) is 20.1. The van der Waals surface area contributed by atoms with Crippen LogP contribution in [0.4, 0.5) is 0 Å². The lowest BCUT2D eigenvalue weighted by Gasteiger charge is -2.18. The Morgan fingerprint density at radius 2 is 0.549 bits per heavy atom. The van der Waals surface area contributed by atoms with Gasteiger partial charge in [-0.3, -0.25) is 14.4 Å². The van der Waals surface area contributed by atoms with Gasteiger partial charge in [0.2, 0.25) is 0 Å². The Morgan fingerprint density at radius 3 is 0.859 bits per heavy atom. The molecule has 0 aromatic heterocycles. The van der Waals surface area contributed by atoms with E-state index < -0.39 is 6.10 Å².